The molecule has 3 aliphatic rings. The van der Waals surface area contributed by atoms with Crippen molar-refractivity contribution in [3.05, 3.63) is 66.0 Å². The second-order valence-corrected chi connectivity index (χ2v) is 9.27. The highest BCUT2D eigenvalue weighted by Crippen LogP contribution is 2.49. The monoisotopic (exact) mass is 574 g/mol. The summed E-state index contributed by atoms with van der Waals surface area (Å²) in [6.45, 7) is 2.87. The Bertz CT molecular complexity index is 1220. The number of carboxylic acids is 2. The summed E-state index contributed by atoms with van der Waals surface area (Å²) in [5.74, 6) is -3.83. The number of pyridine rings is 1. The summed E-state index contributed by atoms with van der Waals surface area (Å²) in [6.07, 6.45) is -4.49. The van der Waals surface area contributed by atoms with E-state index < -0.39 is 29.8 Å². The molecule has 15 heteroatoms. The summed E-state index contributed by atoms with van der Waals surface area (Å²) in [4.78, 5) is 42.4. The minimum absolute atomic E-state index is 0.0899. The number of amides is 1. The lowest BCUT2D eigenvalue weighted by Crippen LogP contribution is -2.44. The van der Waals surface area contributed by atoms with Gasteiger partial charge in [0.25, 0.3) is 5.91 Å². The molecule has 3 heterocycles. The van der Waals surface area contributed by atoms with Gasteiger partial charge < -0.3 is 15.5 Å². The van der Waals surface area contributed by atoms with Gasteiger partial charge in [0.2, 0.25) is 0 Å². The maximum atomic E-state index is 12.9. The third-order valence-electron chi connectivity index (χ3n) is 6.62. The molecule has 0 unspecified atom stereocenters. The third kappa shape index (κ3) is 7.34. The van der Waals surface area contributed by atoms with Crippen LogP contribution in [0.1, 0.15) is 24.0 Å². The van der Waals surface area contributed by atoms with E-state index >= 15 is 0 Å². The lowest BCUT2D eigenvalue weighted by atomic mass is 9.85. The van der Waals surface area contributed by atoms with Crippen LogP contribution in [0.4, 0.5) is 26.3 Å². The second kappa shape index (κ2) is 12.0. The molecular weight excluding hydrogens is 550 g/mol. The van der Waals surface area contributed by atoms with Crippen LogP contribution in [0.3, 0.4) is 0 Å². The number of amidine groups is 1. The zero-order valence-electron chi connectivity index (χ0n) is 20.6. The molecule has 40 heavy (non-hydrogen) atoms. The Hall–Kier alpha value is -4.01. The minimum Gasteiger partial charge on any atom is -0.475 e. The molecule has 2 aliphatic heterocycles. The maximum Gasteiger partial charge on any atom is 0.490 e. The number of aromatic nitrogens is 1. The van der Waals surface area contributed by atoms with E-state index in [1.54, 1.807) is 6.20 Å². The van der Waals surface area contributed by atoms with Crippen LogP contribution >= 0.6 is 0 Å². The van der Waals surface area contributed by atoms with Gasteiger partial charge in [0, 0.05) is 43.5 Å². The van der Waals surface area contributed by atoms with Crippen LogP contribution in [-0.2, 0) is 20.9 Å². The molecule has 3 N–H and O–H groups in total. The Morgan fingerprint density at radius 2 is 1.57 bits per heavy atom. The summed E-state index contributed by atoms with van der Waals surface area (Å²) in [5, 5.41) is 17.3. The third-order valence-corrected chi connectivity index (χ3v) is 6.62. The fourth-order valence-corrected chi connectivity index (χ4v) is 4.91. The van der Waals surface area contributed by atoms with E-state index in [9.17, 15) is 31.1 Å². The number of nitrogens with one attached hydrogen (secondary N) is 1. The Balaban J connectivity index is 0.000000263. The number of carbonyl (C=O) groups is 3. The summed E-state index contributed by atoms with van der Waals surface area (Å²) < 4.78 is 63.5. The predicted molar refractivity (Wildman–Crippen MR) is 127 cm³/mol. The number of aliphatic imine (C=N–C) groups is 1. The van der Waals surface area contributed by atoms with Crippen LogP contribution in [-0.4, -0.2) is 74.8 Å². The molecule has 216 valence electrons. The van der Waals surface area contributed by atoms with Gasteiger partial charge in [0.05, 0.1) is 0 Å². The van der Waals surface area contributed by atoms with Crippen LogP contribution in [0.25, 0.3) is 0 Å². The number of hydrogen-bond donors (Lipinski definition) is 3. The zero-order chi connectivity index (χ0) is 29.7. The fraction of sp³-hybridized carbons (Fsp3) is 0.400. The lowest BCUT2D eigenvalue weighted by molar-refractivity contribution is -0.193. The molecule has 1 spiro atoms. The molecule has 1 aliphatic carbocycles. The number of fused-ring (bicyclic) bond motifs is 2. The number of alkyl halides is 6. The number of likely N-dealkylation sites (tertiary alicyclic amines) is 1. The number of benzene rings is 1. The Morgan fingerprint density at radius 1 is 0.975 bits per heavy atom. The van der Waals surface area contributed by atoms with Crippen molar-refractivity contribution in [2.75, 3.05) is 13.1 Å². The molecule has 1 saturated carbocycles. The van der Waals surface area contributed by atoms with Crippen LogP contribution in [0, 0.1) is 11.8 Å². The molecular formula is C25H24F6N4O5. The number of aliphatic carboxylic acids is 2. The van der Waals surface area contributed by atoms with Crippen LogP contribution in [0.15, 0.2) is 59.9 Å². The van der Waals surface area contributed by atoms with Gasteiger partial charge in [-0.25, -0.2) is 9.59 Å². The molecule has 0 radical (unpaired) electrons. The van der Waals surface area contributed by atoms with E-state index in [1.807, 2.05) is 42.6 Å². The highest BCUT2D eigenvalue weighted by molar-refractivity contribution is 6.15. The number of rotatable bonds is 3. The quantitative estimate of drug-likeness (QED) is 0.478. The second-order valence-electron chi connectivity index (χ2n) is 9.27. The van der Waals surface area contributed by atoms with Crippen LogP contribution < -0.4 is 5.32 Å². The van der Waals surface area contributed by atoms with Crippen molar-refractivity contribution >= 4 is 23.7 Å². The summed E-state index contributed by atoms with van der Waals surface area (Å²) in [5.41, 5.74) is 1.65. The molecule has 1 amide bonds. The molecule has 2 fully saturated rings. The van der Waals surface area contributed by atoms with Crippen LogP contribution in [0.5, 0.6) is 0 Å². The fourth-order valence-electron chi connectivity index (χ4n) is 4.91. The molecule has 1 aromatic carbocycles. The molecule has 3 atom stereocenters. The van der Waals surface area contributed by atoms with E-state index in [0.717, 1.165) is 43.9 Å². The Labute approximate surface area is 223 Å². The van der Waals surface area contributed by atoms with E-state index in [0.29, 0.717) is 11.8 Å². The van der Waals surface area contributed by atoms with Crippen molar-refractivity contribution in [2.24, 2.45) is 16.8 Å². The van der Waals surface area contributed by atoms with E-state index in [4.69, 9.17) is 24.8 Å². The normalized spacial score (nSPS) is 23.8. The smallest absolute Gasteiger partial charge is 0.475 e. The van der Waals surface area contributed by atoms with Gasteiger partial charge in [-0.15, -0.1) is 0 Å². The first-order valence-corrected chi connectivity index (χ1v) is 11.8. The number of halogens is 6. The van der Waals surface area contributed by atoms with E-state index in [2.05, 4.69) is 21.3 Å². The first-order chi connectivity index (χ1) is 18.6. The Kier molecular flexibility index (Phi) is 9.18. The summed E-state index contributed by atoms with van der Waals surface area (Å²) >= 11 is 0. The van der Waals surface area contributed by atoms with Gasteiger partial charge in [-0.05, 0) is 30.4 Å². The molecule has 0 bridgehead atoms. The minimum atomic E-state index is -5.08. The van der Waals surface area contributed by atoms with Crippen molar-refractivity contribution < 1.29 is 50.9 Å². The standard InChI is InChI=1S/C21H22N4O.2C2HF3O2/c26-20-21(24-19(23-20)16-6-2-1-3-7-16)9-8-17-13-25(14-18(17)21)12-15-5-4-10-22-11-15;2*3-2(4,5)1(6)7/h1-7,10-11,17-18H,8-9,12-14H2,(H,23,24,26);2*(H,6,7)/t17-,18+,21-;;/m1../s1. The summed E-state index contributed by atoms with van der Waals surface area (Å²) in [7, 11) is 0. The highest BCUT2D eigenvalue weighted by atomic mass is 19.4. The van der Waals surface area contributed by atoms with E-state index in [-0.39, 0.29) is 5.91 Å². The molecule has 1 aromatic heterocycles. The van der Waals surface area contributed by atoms with Gasteiger partial charge in [-0.2, -0.15) is 26.3 Å². The zero-order valence-corrected chi connectivity index (χ0v) is 20.6. The Morgan fingerprint density at radius 3 is 2.10 bits per heavy atom. The van der Waals surface area contributed by atoms with Gasteiger partial charge in [0.1, 0.15) is 11.4 Å². The number of carbonyl (C=O) groups excluding carboxylic acids is 1. The molecule has 2 aromatic rings. The first-order valence-electron chi connectivity index (χ1n) is 11.8. The molecule has 9 nitrogen and oxygen atoms in total. The number of nitrogens with zero attached hydrogens (tertiary/aromatic N) is 3. The number of carboxylic acid groups (broad SMARTS) is 2. The topological polar surface area (TPSA) is 132 Å². The lowest BCUT2D eigenvalue weighted by Gasteiger charge is -2.25. The van der Waals surface area contributed by atoms with Gasteiger partial charge >= 0.3 is 24.3 Å². The van der Waals surface area contributed by atoms with Crippen molar-refractivity contribution in [2.45, 2.75) is 37.3 Å². The SMILES string of the molecule is O=C(O)C(F)(F)F.O=C(O)C(F)(F)F.O=C1NC(c2ccccc2)=N[C@@]12CC[C@@H]1CN(Cc3cccnc3)C[C@@H]12. The number of hydrogen-bond acceptors (Lipinski definition) is 6. The van der Waals surface area contributed by atoms with Crippen LogP contribution in [0.2, 0.25) is 0 Å². The maximum absolute atomic E-state index is 12.9. The highest BCUT2D eigenvalue weighted by Gasteiger charge is 2.59. The average molecular weight is 574 g/mol. The predicted octanol–water partition coefficient (Wildman–Crippen LogP) is 3.51. The van der Waals surface area contributed by atoms with Crippen molar-refractivity contribution in [1.29, 1.82) is 0 Å². The van der Waals surface area contributed by atoms with Crippen molar-refractivity contribution in [1.82, 2.24) is 15.2 Å². The van der Waals surface area contributed by atoms with Gasteiger partial charge in [-0.3, -0.25) is 19.7 Å². The van der Waals surface area contributed by atoms with E-state index in [1.165, 1.54) is 5.56 Å². The largest absolute Gasteiger partial charge is 0.490 e. The van der Waals surface area contributed by atoms with Crippen molar-refractivity contribution in [3.8, 4) is 0 Å². The molecule has 1 saturated heterocycles. The first kappa shape index (κ1) is 30.5. The summed E-state index contributed by atoms with van der Waals surface area (Å²) in [6, 6.07) is 14.1. The van der Waals surface area contributed by atoms with Crippen molar-refractivity contribution in [3.63, 3.8) is 0 Å². The van der Waals surface area contributed by atoms with Gasteiger partial charge in [0.15, 0.2) is 0 Å². The average Bonchev–Trinajstić information content (AvgIpc) is 3.54. The van der Waals surface area contributed by atoms with Gasteiger partial charge in [-0.1, -0.05) is 36.4 Å². The molecule has 5 rings (SSSR count).